The van der Waals surface area contributed by atoms with Crippen LogP contribution < -0.4 is 4.74 Å². The third kappa shape index (κ3) is 5.50. The average Bonchev–Trinajstić information content (AvgIpc) is 3.08. The standard InChI is InChI=1S/C28H35NO5/c1-6-20-8-10-21(11-9-20)25-24(27(31)28(32)29(25)14-7-15-33-5)26(30)22-12-13-23(19(4)16-22)34-17-18(2)3/h8-13,16,18,25,30H,6-7,14-15,17H2,1-5H3/b26-24+/t25-/m0/s1. The van der Waals surface area contributed by atoms with Crippen molar-refractivity contribution in [1.29, 1.82) is 0 Å². The van der Waals surface area contributed by atoms with E-state index in [9.17, 15) is 14.7 Å². The maximum absolute atomic E-state index is 13.1. The second-order valence-corrected chi connectivity index (χ2v) is 9.12. The zero-order chi connectivity index (χ0) is 24.8. The van der Waals surface area contributed by atoms with Crippen LogP contribution in [0, 0.1) is 12.8 Å². The van der Waals surface area contributed by atoms with Gasteiger partial charge < -0.3 is 19.5 Å². The minimum absolute atomic E-state index is 0.113. The molecule has 1 aliphatic rings. The lowest BCUT2D eigenvalue weighted by molar-refractivity contribution is -0.140. The topological polar surface area (TPSA) is 76.1 Å². The molecular formula is C28H35NO5. The van der Waals surface area contributed by atoms with E-state index >= 15 is 0 Å². The number of hydrogen-bond donors (Lipinski definition) is 1. The number of ketones is 1. The van der Waals surface area contributed by atoms with E-state index in [0.29, 0.717) is 37.7 Å². The van der Waals surface area contributed by atoms with E-state index in [1.807, 2.05) is 31.2 Å². The van der Waals surface area contributed by atoms with Gasteiger partial charge in [0.2, 0.25) is 0 Å². The molecule has 0 saturated carbocycles. The predicted octanol–water partition coefficient (Wildman–Crippen LogP) is 5.05. The number of ether oxygens (including phenoxy) is 2. The highest BCUT2D eigenvalue weighted by Crippen LogP contribution is 2.40. The Labute approximate surface area is 202 Å². The maximum Gasteiger partial charge on any atom is 0.295 e. The van der Waals surface area contributed by atoms with E-state index in [1.165, 1.54) is 0 Å². The highest BCUT2D eigenvalue weighted by atomic mass is 16.5. The summed E-state index contributed by atoms with van der Waals surface area (Å²) in [5, 5.41) is 11.3. The molecule has 3 rings (SSSR count). The van der Waals surface area contributed by atoms with Crippen LogP contribution in [0.2, 0.25) is 0 Å². The van der Waals surface area contributed by atoms with Gasteiger partial charge in [0.25, 0.3) is 11.7 Å². The highest BCUT2D eigenvalue weighted by Gasteiger charge is 2.45. The van der Waals surface area contributed by atoms with E-state index in [4.69, 9.17) is 9.47 Å². The van der Waals surface area contributed by atoms with E-state index < -0.39 is 17.7 Å². The van der Waals surface area contributed by atoms with Gasteiger partial charge in [0.1, 0.15) is 11.5 Å². The lowest BCUT2D eigenvalue weighted by Gasteiger charge is -2.25. The first-order chi connectivity index (χ1) is 16.3. The van der Waals surface area contributed by atoms with Crippen LogP contribution in [0.4, 0.5) is 0 Å². The van der Waals surface area contributed by atoms with Gasteiger partial charge in [-0.1, -0.05) is 45.0 Å². The fraction of sp³-hybridized carbons (Fsp3) is 0.429. The predicted molar refractivity (Wildman–Crippen MR) is 133 cm³/mol. The molecule has 34 heavy (non-hydrogen) atoms. The number of hydrogen-bond acceptors (Lipinski definition) is 5. The molecule has 1 heterocycles. The van der Waals surface area contributed by atoms with Crippen LogP contribution in [0.1, 0.15) is 55.5 Å². The van der Waals surface area contributed by atoms with Crippen LogP contribution in [0.25, 0.3) is 5.76 Å². The molecule has 0 aromatic heterocycles. The summed E-state index contributed by atoms with van der Waals surface area (Å²) in [7, 11) is 1.60. The van der Waals surface area contributed by atoms with Crippen molar-refractivity contribution in [3.63, 3.8) is 0 Å². The third-order valence-corrected chi connectivity index (χ3v) is 6.01. The molecular weight excluding hydrogens is 430 g/mol. The second-order valence-electron chi connectivity index (χ2n) is 9.12. The summed E-state index contributed by atoms with van der Waals surface area (Å²) in [6.45, 7) is 9.55. The van der Waals surface area contributed by atoms with Gasteiger partial charge in [-0.15, -0.1) is 0 Å². The van der Waals surface area contributed by atoms with Crippen LogP contribution >= 0.6 is 0 Å². The monoisotopic (exact) mass is 465 g/mol. The fourth-order valence-corrected chi connectivity index (χ4v) is 4.14. The molecule has 2 aromatic rings. The fourth-order valence-electron chi connectivity index (χ4n) is 4.14. The van der Waals surface area contributed by atoms with Crippen molar-refractivity contribution >= 4 is 17.4 Å². The molecule has 6 nitrogen and oxygen atoms in total. The molecule has 182 valence electrons. The summed E-state index contributed by atoms with van der Waals surface area (Å²) in [4.78, 5) is 27.7. The quantitative estimate of drug-likeness (QED) is 0.230. The van der Waals surface area contributed by atoms with Crippen molar-refractivity contribution in [3.8, 4) is 5.75 Å². The zero-order valence-corrected chi connectivity index (χ0v) is 20.8. The van der Waals surface area contributed by atoms with Crippen molar-refractivity contribution in [2.75, 3.05) is 26.9 Å². The molecule has 0 spiro atoms. The molecule has 0 radical (unpaired) electrons. The van der Waals surface area contributed by atoms with Crippen LogP contribution in [0.5, 0.6) is 5.75 Å². The van der Waals surface area contributed by atoms with Gasteiger partial charge >= 0.3 is 0 Å². The molecule has 1 atom stereocenters. The third-order valence-electron chi connectivity index (χ3n) is 6.01. The summed E-state index contributed by atoms with van der Waals surface area (Å²) in [5.41, 5.74) is 3.40. The summed E-state index contributed by atoms with van der Waals surface area (Å²) in [6.07, 6.45) is 1.48. The van der Waals surface area contributed by atoms with Gasteiger partial charge in [-0.2, -0.15) is 0 Å². The number of amides is 1. The van der Waals surface area contributed by atoms with Gasteiger partial charge in [-0.05, 0) is 60.6 Å². The largest absolute Gasteiger partial charge is 0.507 e. The molecule has 2 aromatic carbocycles. The number of methoxy groups -OCH3 is 1. The number of rotatable bonds is 10. The van der Waals surface area contributed by atoms with Crippen molar-refractivity contribution in [2.24, 2.45) is 5.92 Å². The summed E-state index contributed by atoms with van der Waals surface area (Å²) < 4.78 is 11.0. The first-order valence-corrected chi connectivity index (χ1v) is 11.9. The molecule has 1 fully saturated rings. The van der Waals surface area contributed by atoms with Gasteiger partial charge in [0.15, 0.2) is 0 Å². The zero-order valence-electron chi connectivity index (χ0n) is 20.8. The van der Waals surface area contributed by atoms with Crippen LogP contribution in [-0.4, -0.2) is 48.6 Å². The minimum atomic E-state index is -0.669. The number of Topliss-reactive ketones (excluding diaryl/α,β-unsaturated/α-hetero) is 1. The number of benzene rings is 2. The number of aliphatic hydroxyl groups is 1. The summed E-state index contributed by atoms with van der Waals surface area (Å²) in [6, 6.07) is 12.5. The maximum atomic E-state index is 13.1. The lowest BCUT2D eigenvalue weighted by atomic mass is 9.94. The average molecular weight is 466 g/mol. The molecule has 1 amide bonds. The molecule has 0 unspecified atom stereocenters. The van der Waals surface area contributed by atoms with Gasteiger partial charge in [-0.25, -0.2) is 0 Å². The van der Waals surface area contributed by atoms with Crippen LogP contribution in [-0.2, 0) is 20.7 Å². The molecule has 1 aliphatic heterocycles. The number of nitrogens with zero attached hydrogens (tertiary/aromatic N) is 1. The van der Waals surface area contributed by atoms with Crippen molar-refractivity contribution in [1.82, 2.24) is 4.90 Å². The van der Waals surface area contributed by atoms with Gasteiger partial charge in [0.05, 0.1) is 18.2 Å². The van der Waals surface area contributed by atoms with E-state index in [2.05, 4.69) is 20.8 Å². The van der Waals surface area contributed by atoms with Gasteiger partial charge in [-0.3, -0.25) is 9.59 Å². The van der Waals surface area contributed by atoms with E-state index in [-0.39, 0.29) is 11.3 Å². The smallest absolute Gasteiger partial charge is 0.295 e. The minimum Gasteiger partial charge on any atom is -0.507 e. The Bertz CT molecular complexity index is 1050. The Kier molecular flexibility index (Phi) is 8.51. The number of aryl methyl sites for hydroxylation is 2. The summed E-state index contributed by atoms with van der Waals surface area (Å²) >= 11 is 0. The second kappa shape index (κ2) is 11.3. The van der Waals surface area contributed by atoms with Crippen molar-refractivity contribution in [2.45, 2.75) is 46.6 Å². The number of aliphatic hydroxyl groups excluding tert-OH is 1. The molecule has 0 bridgehead atoms. The summed E-state index contributed by atoms with van der Waals surface area (Å²) in [5.74, 6) is -0.318. The molecule has 1 saturated heterocycles. The SMILES string of the molecule is CCc1ccc([C@H]2/C(=C(\O)c3ccc(OCC(C)C)c(C)c3)C(=O)C(=O)N2CCCOC)cc1. The molecule has 0 aliphatic carbocycles. The molecule has 6 heteroatoms. The van der Waals surface area contributed by atoms with Crippen LogP contribution in [0.3, 0.4) is 0 Å². The molecule has 1 N–H and O–H groups in total. The number of carbonyl (C=O) groups excluding carboxylic acids is 2. The Morgan fingerprint density at radius 3 is 2.41 bits per heavy atom. The first kappa shape index (κ1) is 25.5. The van der Waals surface area contributed by atoms with E-state index in [1.54, 1.807) is 30.2 Å². The van der Waals surface area contributed by atoms with Crippen LogP contribution in [0.15, 0.2) is 48.0 Å². The lowest BCUT2D eigenvalue weighted by Crippen LogP contribution is -2.31. The Balaban J connectivity index is 2.05. The number of likely N-dealkylation sites (tertiary alicyclic amines) is 1. The van der Waals surface area contributed by atoms with Crippen molar-refractivity contribution < 1.29 is 24.2 Å². The van der Waals surface area contributed by atoms with Crippen molar-refractivity contribution in [3.05, 3.63) is 70.3 Å². The normalized spacial score (nSPS) is 17.6. The van der Waals surface area contributed by atoms with Gasteiger partial charge in [0, 0.05) is 25.8 Å². The Morgan fingerprint density at radius 1 is 1.12 bits per heavy atom. The Morgan fingerprint density at radius 2 is 1.82 bits per heavy atom. The number of carbonyl (C=O) groups is 2. The van der Waals surface area contributed by atoms with E-state index in [0.717, 1.165) is 28.9 Å². The Hall–Kier alpha value is -3.12. The highest BCUT2D eigenvalue weighted by molar-refractivity contribution is 6.46. The first-order valence-electron chi connectivity index (χ1n) is 11.9.